The minimum Gasteiger partial charge on any atom is -0.342 e. The molecule has 1 aliphatic rings. The SMILES string of the molecule is CCCCCCCCCCCOC[n+]1ccn(CO[C@@H]2C[C@H](C)CC[C@H]2C(C)C)c1. The van der Waals surface area contributed by atoms with Crippen molar-refractivity contribution < 1.29 is 14.0 Å². The number of aromatic nitrogens is 2. The van der Waals surface area contributed by atoms with Crippen LogP contribution in [-0.2, 0) is 22.9 Å². The molecule has 0 spiro atoms. The van der Waals surface area contributed by atoms with Crippen LogP contribution in [0, 0.1) is 17.8 Å². The normalized spacial score (nSPS) is 22.1. The number of ether oxygens (including phenoxy) is 2. The second-order valence-corrected chi connectivity index (χ2v) is 9.97. The second kappa shape index (κ2) is 15.0. The van der Waals surface area contributed by atoms with Crippen molar-refractivity contribution in [2.75, 3.05) is 6.61 Å². The van der Waals surface area contributed by atoms with E-state index < -0.39 is 0 Å². The van der Waals surface area contributed by atoms with E-state index in [2.05, 4.69) is 55.6 Å². The molecule has 4 nitrogen and oxygen atoms in total. The van der Waals surface area contributed by atoms with Gasteiger partial charge in [0.2, 0.25) is 6.33 Å². The Hall–Kier alpha value is -0.870. The first-order valence-corrected chi connectivity index (χ1v) is 12.8. The van der Waals surface area contributed by atoms with E-state index in [1.807, 2.05) is 0 Å². The summed E-state index contributed by atoms with van der Waals surface area (Å²) in [5, 5.41) is 0. The molecule has 1 saturated carbocycles. The van der Waals surface area contributed by atoms with Gasteiger partial charge in [0, 0.05) is 0 Å². The van der Waals surface area contributed by atoms with Gasteiger partial charge in [0.15, 0.2) is 13.5 Å². The molecular weight excluding hydrogens is 372 g/mol. The summed E-state index contributed by atoms with van der Waals surface area (Å²) in [5.74, 6) is 2.18. The minimum atomic E-state index is 0.396. The maximum Gasteiger partial charge on any atom is 0.247 e. The van der Waals surface area contributed by atoms with Gasteiger partial charge in [-0.25, -0.2) is 9.13 Å². The number of hydrogen-bond acceptors (Lipinski definition) is 2. The molecular formula is C26H49N2O2+. The Morgan fingerprint density at radius 2 is 1.70 bits per heavy atom. The van der Waals surface area contributed by atoms with Gasteiger partial charge in [0.1, 0.15) is 12.4 Å². The fraction of sp³-hybridized carbons (Fsp3) is 0.885. The van der Waals surface area contributed by atoms with Gasteiger partial charge in [-0.3, -0.25) is 0 Å². The molecule has 0 radical (unpaired) electrons. The van der Waals surface area contributed by atoms with E-state index in [0.717, 1.165) is 12.5 Å². The molecule has 3 atom stereocenters. The Kier molecular flexibility index (Phi) is 12.7. The molecule has 1 aromatic rings. The molecule has 0 N–H and O–H groups in total. The summed E-state index contributed by atoms with van der Waals surface area (Å²) in [7, 11) is 0. The van der Waals surface area contributed by atoms with Crippen LogP contribution in [0.3, 0.4) is 0 Å². The van der Waals surface area contributed by atoms with Gasteiger partial charge in [0.25, 0.3) is 0 Å². The lowest BCUT2D eigenvalue weighted by atomic mass is 9.75. The third kappa shape index (κ3) is 9.96. The maximum absolute atomic E-state index is 6.35. The number of imidazole rings is 1. The van der Waals surface area contributed by atoms with Crippen LogP contribution < -0.4 is 4.57 Å². The van der Waals surface area contributed by atoms with E-state index in [1.54, 1.807) is 0 Å². The first kappa shape index (κ1) is 25.4. The van der Waals surface area contributed by atoms with Gasteiger partial charge in [0.05, 0.1) is 12.7 Å². The van der Waals surface area contributed by atoms with E-state index in [9.17, 15) is 0 Å². The second-order valence-electron chi connectivity index (χ2n) is 9.97. The number of nitrogens with zero attached hydrogens (tertiary/aromatic N) is 2. The summed E-state index contributed by atoms with van der Waals surface area (Å²) >= 11 is 0. The molecule has 0 bridgehead atoms. The van der Waals surface area contributed by atoms with Crippen molar-refractivity contribution in [1.29, 1.82) is 0 Å². The Bertz CT molecular complexity index is 543. The van der Waals surface area contributed by atoms with Gasteiger partial charge < -0.3 is 9.47 Å². The van der Waals surface area contributed by atoms with E-state index in [4.69, 9.17) is 9.47 Å². The zero-order valence-electron chi connectivity index (χ0n) is 20.4. The first-order valence-electron chi connectivity index (χ1n) is 12.8. The van der Waals surface area contributed by atoms with Crippen molar-refractivity contribution in [2.45, 2.75) is 124 Å². The van der Waals surface area contributed by atoms with Crippen LogP contribution >= 0.6 is 0 Å². The molecule has 0 unspecified atom stereocenters. The van der Waals surface area contributed by atoms with Gasteiger partial charge in [-0.2, -0.15) is 0 Å². The lowest BCUT2D eigenvalue weighted by Crippen LogP contribution is -2.35. The van der Waals surface area contributed by atoms with Gasteiger partial charge in [-0.1, -0.05) is 85.5 Å². The Labute approximate surface area is 186 Å². The lowest BCUT2D eigenvalue weighted by Gasteiger charge is -2.36. The summed E-state index contributed by atoms with van der Waals surface area (Å²) in [6, 6.07) is 0. The highest BCUT2D eigenvalue weighted by molar-refractivity contribution is 4.81. The van der Waals surface area contributed by atoms with Crippen molar-refractivity contribution in [2.24, 2.45) is 17.8 Å². The van der Waals surface area contributed by atoms with Crippen LogP contribution in [0.5, 0.6) is 0 Å². The topological polar surface area (TPSA) is 27.3 Å². The number of unbranched alkanes of at least 4 members (excludes halogenated alkanes) is 8. The maximum atomic E-state index is 6.35. The highest BCUT2D eigenvalue weighted by atomic mass is 16.5. The molecule has 1 heterocycles. The molecule has 30 heavy (non-hydrogen) atoms. The largest absolute Gasteiger partial charge is 0.342 e. The molecule has 2 rings (SSSR count). The molecule has 0 amide bonds. The highest BCUT2D eigenvalue weighted by Crippen LogP contribution is 2.35. The van der Waals surface area contributed by atoms with Crippen molar-refractivity contribution in [3.8, 4) is 0 Å². The summed E-state index contributed by atoms with van der Waals surface area (Å²) in [5.41, 5.74) is 0. The molecule has 4 heteroatoms. The van der Waals surface area contributed by atoms with Crippen LogP contribution in [0.4, 0.5) is 0 Å². The zero-order valence-corrected chi connectivity index (χ0v) is 20.4. The van der Waals surface area contributed by atoms with Gasteiger partial charge in [-0.05, 0) is 37.0 Å². The smallest absolute Gasteiger partial charge is 0.247 e. The van der Waals surface area contributed by atoms with Crippen molar-refractivity contribution in [1.82, 2.24) is 4.57 Å². The Balaban J connectivity index is 1.54. The third-order valence-corrected chi connectivity index (χ3v) is 6.78. The van der Waals surface area contributed by atoms with Crippen LogP contribution in [0.1, 0.15) is 105 Å². The fourth-order valence-electron chi connectivity index (χ4n) is 4.76. The summed E-state index contributed by atoms with van der Waals surface area (Å²) < 4.78 is 16.5. The summed E-state index contributed by atoms with van der Waals surface area (Å²) in [6.45, 7) is 11.5. The standard InChI is InChI=1S/C26H49N2O2/c1-5-6-7-8-9-10-11-12-13-18-29-21-27-16-17-28(20-27)22-30-26-19-24(4)14-15-25(26)23(2)3/h16-17,20,23-26H,5-15,18-19,21-22H2,1-4H3/q+1/t24-,25+,26-/m1/s1. The summed E-state index contributed by atoms with van der Waals surface area (Å²) in [4.78, 5) is 0. The molecule has 0 aliphatic heterocycles. The number of hydrogen-bond donors (Lipinski definition) is 0. The van der Waals surface area contributed by atoms with E-state index in [1.165, 1.54) is 77.0 Å². The van der Waals surface area contributed by atoms with Crippen LogP contribution in [0.25, 0.3) is 0 Å². The highest BCUT2D eigenvalue weighted by Gasteiger charge is 2.31. The predicted octanol–water partition coefficient (Wildman–Crippen LogP) is 6.72. The molecule has 174 valence electrons. The Morgan fingerprint density at radius 3 is 2.40 bits per heavy atom. The quantitative estimate of drug-likeness (QED) is 0.219. The van der Waals surface area contributed by atoms with E-state index in [0.29, 0.717) is 31.4 Å². The monoisotopic (exact) mass is 421 g/mol. The van der Waals surface area contributed by atoms with Crippen molar-refractivity contribution in [3.63, 3.8) is 0 Å². The van der Waals surface area contributed by atoms with E-state index >= 15 is 0 Å². The molecule has 0 saturated heterocycles. The van der Waals surface area contributed by atoms with Crippen LogP contribution in [-0.4, -0.2) is 17.3 Å². The average Bonchev–Trinajstić information content (AvgIpc) is 3.18. The minimum absolute atomic E-state index is 0.396. The Morgan fingerprint density at radius 1 is 1.00 bits per heavy atom. The number of rotatable bonds is 16. The third-order valence-electron chi connectivity index (χ3n) is 6.78. The van der Waals surface area contributed by atoms with Gasteiger partial charge in [-0.15, -0.1) is 0 Å². The zero-order chi connectivity index (χ0) is 21.6. The first-order chi connectivity index (χ1) is 14.6. The lowest BCUT2D eigenvalue weighted by molar-refractivity contribution is -0.732. The molecule has 1 aliphatic carbocycles. The fourth-order valence-corrected chi connectivity index (χ4v) is 4.76. The average molecular weight is 422 g/mol. The molecule has 1 aromatic heterocycles. The van der Waals surface area contributed by atoms with Crippen LogP contribution in [0.15, 0.2) is 18.7 Å². The predicted molar refractivity (Wildman–Crippen MR) is 124 cm³/mol. The summed E-state index contributed by atoms with van der Waals surface area (Å²) in [6.07, 6.45) is 22.7. The van der Waals surface area contributed by atoms with E-state index in [-0.39, 0.29) is 0 Å². The molecule has 1 fully saturated rings. The van der Waals surface area contributed by atoms with Gasteiger partial charge >= 0.3 is 0 Å². The van der Waals surface area contributed by atoms with Crippen molar-refractivity contribution >= 4 is 0 Å². The van der Waals surface area contributed by atoms with Crippen molar-refractivity contribution in [3.05, 3.63) is 18.7 Å². The molecule has 0 aromatic carbocycles. The van der Waals surface area contributed by atoms with Crippen LogP contribution in [0.2, 0.25) is 0 Å².